The molecule has 0 fully saturated rings. The van der Waals surface area contributed by atoms with Crippen LogP contribution in [0.15, 0.2) is 24.3 Å². The zero-order valence-electron chi connectivity index (χ0n) is 16.0. The summed E-state index contributed by atoms with van der Waals surface area (Å²) >= 11 is 0. The number of alkyl carbamates (subject to hydrolysis) is 1. The SMILES string of the molecule is CN(C)Cc1cccc(CCNC(=O)CCNC(=O)OC(C)(C)C)c1. The summed E-state index contributed by atoms with van der Waals surface area (Å²) in [6.45, 7) is 7.14. The van der Waals surface area contributed by atoms with E-state index >= 15 is 0 Å². The summed E-state index contributed by atoms with van der Waals surface area (Å²) in [6.07, 6.45) is 0.518. The van der Waals surface area contributed by atoms with E-state index < -0.39 is 11.7 Å². The molecule has 0 aliphatic heterocycles. The molecule has 1 aromatic rings. The molecule has 0 saturated carbocycles. The molecule has 0 bridgehead atoms. The lowest BCUT2D eigenvalue weighted by atomic mass is 10.1. The number of carbonyl (C=O) groups is 2. The average Bonchev–Trinajstić information content (AvgIpc) is 2.45. The first-order chi connectivity index (χ1) is 11.7. The average molecular weight is 349 g/mol. The van der Waals surface area contributed by atoms with Gasteiger partial charge in [-0.25, -0.2) is 4.79 Å². The van der Waals surface area contributed by atoms with Gasteiger partial charge in [-0.05, 0) is 52.4 Å². The van der Waals surface area contributed by atoms with Crippen LogP contribution in [0.5, 0.6) is 0 Å². The van der Waals surface area contributed by atoms with Gasteiger partial charge < -0.3 is 20.3 Å². The highest BCUT2D eigenvalue weighted by Gasteiger charge is 2.15. The van der Waals surface area contributed by atoms with E-state index in [-0.39, 0.29) is 18.9 Å². The molecule has 0 atom stereocenters. The van der Waals surface area contributed by atoms with Crippen molar-refractivity contribution >= 4 is 12.0 Å². The van der Waals surface area contributed by atoms with Gasteiger partial charge in [0.2, 0.25) is 5.91 Å². The molecule has 0 radical (unpaired) electrons. The van der Waals surface area contributed by atoms with Crippen LogP contribution in [0.25, 0.3) is 0 Å². The monoisotopic (exact) mass is 349 g/mol. The number of carbonyl (C=O) groups excluding carboxylic acids is 2. The summed E-state index contributed by atoms with van der Waals surface area (Å²) in [5, 5.41) is 5.45. The Kier molecular flexibility index (Phi) is 8.41. The van der Waals surface area contributed by atoms with Crippen molar-refractivity contribution in [3.05, 3.63) is 35.4 Å². The van der Waals surface area contributed by atoms with Crippen molar-refractivity contribution in [3.8, 4) is 0 Å². The van der Waals surface area contributed by atoms with Gasteiger partial charge in [0.05, 0.1) is 0 Å². The minimum atomic E-state index is -0.534. The molecular weight excluding hydrogens is 318 g/mol. The van der Waals surface area contributed by atoms with Crippen LogP contribution in [0.1, 0.15) is 38.3 Å². The Labute approximate surface area is 150 Å². The lowest BCUT2D eigenvalue weighted by Gasteiger charge is -2.19. The van der Waals surface area contributed by atoms with Crippen molar-refractivity contribution in [2.45, 2.75) is 45.8 Å². The van der Waals surface area contributed by atoms with E-state index in [0.717, 1.165) is 13.0 Å². The fraction of sp³-hybridized carbons (Fsp3) is 0.579. The Balaban J connectivity index is 2.23. The Morgan fingerprint density at radius 2 is 1.76 bits per heavy atom. The van der Waals surface area contributed by atoms with E-state index in [4.69, 9.17) is 4.74 Å². The second-order valence-corrected chi connectivity index (χ2v) is 7.34. The number of hydrogen-bond acceptors (Lipinski definition) is 4. The van der Waals surface area contributed by atoms with Crippen LogP contribution < -0.4 is 10.6 Å². The first-order valence-electron chi connectivity index (χ1n) is 8.62. The first kappa shape index (κ1) is 21.0. The third kappa shape index (κ3) is 10.4. The smallest absolute Gasteiger partial charge is 0.407 e. The third-order valence-corrected chi connectivity index (χ3v) is 3.25. The minimum absolute atomic E-state index is 0.0829. The number of nitrogens with one attached hydrogen (secondary N) is 2. The lowest BCUT2D eigenvalue weighted by Crippen LogP contribution is -2.35. The van der Waals surface area contributed by atoms with Crippen molar-refractivity contribution in [2.75, 3.05) is 27.2 Å². The molecule has 2 amide bonds. The Bertz CT molecular complexity index is 565. The molecule has 0 aliphatic rings. The summed E-state index contributed by atoms with van der Waals surface area (Å²) in [5.74, 6) is -0.0829. The van der Waals surface area contributed by atoms with E-state index in [1.807, 2.05) is 20.2 Å². The summed E-state index contributed by atoms with van der Waals surface area (Å²) in [6, 6.07) is 8.37. The molecule has 1 aromatic carbocycles. The third-order valence-electron chi connectivity index (χ3n) is 3.25. The molecule has 0 saturated heterocycles. The zero-order valence-corrected chi connectivity index (χ0v) is 16.0. The van der Waals surface area contributed by atoms with Crippen LogP contribution in [0.2, 0.25) is 0 Å². The van der Waals surface area contributed by atoms with Crippen LogP contribution in [0, 0.1) is 0 Å². The maximum absolute atomic E-state index is 11.8. The normalized spacial score (nSPS) is 11.3. The quantitative estimate of drug-likeness (QED) is 0.756. The van der Waals surface area contributed by atoms with Crippen molar-refractivity contribution in [1.29, 1.82) is 0 Å². The number of benzene rings is 1. The van der Waals surface area contributed by atoms with Crippen LogP contribution >= 0.6 is 0 Å². The number of amides is 2. The summed E-state index contributed by atoms with van der Waals surface area (Å²) < 4.78 is 5.11. The lowest BCUT2D eigenvalue weighted by molar-refractivity contribution is -0.120. The van der Waals surface area contributed by atoms with E-state index in [9.17, 15) is 9.59 Å². The van der Waals surface area contributed by atoms with E-state index in [1.165, 1.54) is 11.1 Å². The van der Waals surface area contributed by atoms with Crippen molar-refractivity contribution in [1.82, 2.24) is 15.5 Å². The second kappa shape index (κ2) is 10.0. The van der Waals surface area contributed by atoms with Crippen LogP contribution in [0.3, 0.4) is 0 Å². The predicted molar refractivity (Wildman–Crippen MR) is 99.4 cm³/mol. The molecular formula is C19H31N3O3. The predicted octanol–water partition coefficient (Wildman–Crippen LogP) is 2.32. The number of rotatable bonds is 8. The van der Waals surface area contributed by atoms with Crippen molar-refractivity contribution in [3.63, 3.8) is 0 Å². The Morgan fingerprint density at radius 1 is 1.08 bits per heavy atom. The Hall–Kier alpha value is -2.08. The van der Waals surface area contributed by atoms with Crippen LogP contribution in [0.4, 0.5) is 4.79 Å². The van der Waals surface area contributed by atoms with Gasteiger partial charge in [-0.15, -0.1) is 0 Å². The van der Waals surface area contributed by atoms with E-state index in [0.29, 0.717) is 6.54 Å². The number of hydrogen-bond donors (Lipinski definition) is 2. The van der Waals surface area contributed by atoms with Gasteiger partial charge in [-0.3, -0.25) is 4.79 Å². The standard InChI is InChI=1S/C19H31N3O3/c1-19(2,3)25-18(24)21-12-10-17(23)20-11-9-15-7-6-8-16(13-15)14-22(4)5/h6-8,13H,9-12,14H2,1-5H3,(H,20,23)(H,21,24). The highest BCUT2D eigenvalue weighted by atomic mass is 16.6. The van der Waals surface area contributed by atoms with Crippen molar-refractivity contribution < 1.29 is 14.3 Å². The van der Waals surface area contributed by atoms with Crippen LogP contribution in [-0.2, 0) is 22.5 Å². The molecule has 6 heteroatoms. The summed E-state index contributed by atoms with van der Waals surface area (Å²) in [5.41, 5.74) is 1.93. The summed E-state index contributed by atoms with van der Waals surface area (Å²) in [4.78, 5) is 25.4. The van der Waals surface area contributed by atoms with Gasteiger partial charge in [0.25, 0.3) is 0 Å². The van der Waals surface area contributed by atoms with Gasteiger partial charge in [-0.1, -0.05) is 24.3 Å². The maximum Gasteiger partial charge on any atom is 0.407 e. The zero-order chi connectivity index (χ0) is 18.9. The number of nitrogens with zero attached hydrogens (tertiary/aromatic N) is 1. The largest absolute Gasteiger partial charge is 0.444 e. The molecule has 0 heterocycles. The molecule has 0 unspecified atom stereocenters. The molecule has 140 valence electrons. The maximum atomic E-state index is 11.8. The van der Waals surface area contributed by atoms with Gasteiger partial charge in [0.1, 0.15) is 5.60 Å². The van der Waals surface area contributed by atoms with Crippen molar-refractivity contribution in [2.24, 2.45) is 0 Å². The van der Waals surface area contributed by atoms with E-state index in [1.54, 1.807) is 20.8 Å². The topological polar surface area (TPSA) is 70.7 Å². The molecule has 0 aromatic heterocycles. The van der Waals surface area contributed by atoms with Gasteiger partial charge in [0.15, 0.2) is 0 Å². The highest BCUT2D eigenvalue weighted by molar-refractivity contribution is 5.77. The van der Waals surface area contributed by atoms with Gasteiger partial charge >= 0.3 is 6.09 Å². The fourth-order valence-electron chi connectivity index (χ4n) is 2.28. The molecule has 0 spiro atoms. The molecule has 1 rings (SSSR count). The van der Waals surface area contributed by atoms with E-state index in [2.05, 4.69) is 33.7 Å². The molecule has 25 heavy (non-hydrogen) atoms. The second-order valence-electron chi connectivity index (χ2n) is 7.34. The van der Waals surface area contributed by atoms with Crippen LogP contribution in [-0.4, -0.2) is 49.7 Å². The summed E-state index contributed by atoms with van der Waals surface area (Å²) in [7, 11) is 4.08. The highest BCUT2D eigenvalue weighted by Crippen LogP contribution is 2.08. The van der Waals surface area contributed by atoms with Gasteiger partial charge in [-0.2, -0.15) is 0 Å². The first-order valence-corrected chi connectivity index (χ1v) is 8.62. The molecule has 2 N–H and O–H groups in total. The minimum Gasteiger partial charge on any atom is -0.444 e. The number of ether oxygens (including phenoxy) is 1. The molecule has 0 aliphatic carbocycles. The fourth-order valence-corrected chi connectivity index (χ4v) is 2.28. The van der Waals surface area contributed by atoms with Gasteiger partial charge in [0, 0.05) is 26.1 Å². The molecule has 6 nitrogen and oxygen atoms in total. The Morgan fingerprint density at radius 3 is 2.40 bits per heavy atom.